The Kier molecular flexibility index (Phi) is 3.75. The van der Waals surface area contributed by atoms with Gasteiger partial charge in [0.25, 0.3) is 0 Å². The third kappa shape index (κ3) is 2.89. The summed E-state index contributed by atoms with van der Waals surface area (Å²) in [7, 11) is 0. The van der Waals surface area contributed by atoms with Crippen LogP contribution in [-0.4, -0.2) is 18.6 Å². The summed E-state index contributed by atoms with van der Waals surface area (Å²) in [6.07, 6.45) is 1.16. The zero-order valence-corrected chi connectivity index (χ0v) is 10.8. The highest BCUT2D eigenvalue weighted by atomic mass is 35.5. The minimum Gasteiger partial charge on any atom is -0.315 e. The lowest BCUT2D eigenvalue weighted by Gasteiger charge is -2.24. The maximum absolute atomic E-state index is 5.97. The second kappa shape index (κ2) is 4.92. The van der Waals surface area contributed by atoms with Gasteiger partial charge in [0.15, 0.2) is 0 Å². The minimum atomic E-state index is 0.201. The molecule has 0 bridgehead atoms. The first-order valence-electron chi connectivity index (χ1n) is 5.49. The van der Waals surface area contributed by atoms with E-state index < -0.39 is 0 Å². The fourth-order valence-electron chi connectivity index (χ4n) is 1.93. The molecule has 1 heterocycles. The van der Waals surface area contributed by atoms with Crippen molar-refractivity contribution in [2.45, 2.75) is 25.4 Å². The molecule has 1 atom stereocenters. The van der Waals surface area contributed by atoms with E-state index in [1.54, 1.807) is 0 Å². The lowest BCUT2D eigenvalue weighted by atomic mass is 10.0. The van der Waals surface area contributed by atoms with Gasteiger partial charge in [-0.25, -0.2) is 0 Å². The molecule has 16 heavy (non-hydrogen) atoms. The van der Waals surface area contributed by atoms with Crippen molar-refractivity contribution in [2.24, 2.45) is 0 Å². The van der Waals surface area contributed by atoms with Gasteiger partial charge in [-0.05, 0) is 37.6 Å². The highest BCUT2D eigenvalue weighted by molar-refractivity contribution is 6.42. The van der Waals surface area contributed by atoms with E-state index >= 15 is 0 Å². The molecule has 0 radical (unpaired) electrons. The predicted octanol–water partition coefficient (Wildman–Crippen LogP) is 2.84. The second-order valence-corrected chi connectivity index (χ2v) is 5.40. The van der Waals surface area contributed by atoms with Crippen LogP contribution < -0.4 is 10.6 Å². The van der Waals surface area contributed by atoms with E-state index in [-0.39, 0.29) is 5.54 Å². The molecule has 0 spiro atoms. The Morgan fingerprint density at radius 2 is 2.19 bits per heavy atom. The topological polar surface area (TPSA) is 24.1 Å². The summed E-state index contributed by atoms with van der Waals surface area (Å²) in [6.45, 7) is 5.18. The molecule has 88 valence electrons. The predicted molar refractivity (Wildman–Crippen MR) is 69.2 cm³/mol. The SMILES string of the molecule is CC1(NCc2ccc(Cl)c(Cl)c2)CCNC1. The molecule has 4 heteroatoms. The van der Waals surface area contributed by atoms with Crippen molar-refractivity contribution in [1.82, 2.24) is 10.6 Å². The highest BCUT2D eigenvalue weighted by Crippen LogP contribution is 2.23. The largest absolute Gasteiger partial charge is 0.315 e. The Balaban J connectivity index is 1.96. The van der Waals surface area contributed by atoms with Crippen LogP contribution in [-0.2, 0) is 6.54 Å². The summed E-state index contributed by atoms with van der Waals surface area (Å²) in [5, 5.41) is 8.15. The molecule has 1 fully saturated rings. The van der Waals surface area contributed by atoms with Crippen LogP contribution in [0.25, 0.3) is 0 Å². The lowest BCUT2D eigenvalue weighted by molar-refractivity contribution is 0.386. The summed E-state index contributed by atoms with van der Waals surface area (Å²) in [4.78, 5) is 0. The van der Waals surface area contributed by atoms with Gasteiger partial charge in [-0.2, -0.15) is 0 Å². The smallest absolute Gasteiger partial charge is 0.0595 e. The van der Waals surface area contributed by atoms with Crippen LogP contribution in [0.3, 0.4) is 0 Å². The van der Waals surface area contributed by atoms with Gasteiger partial charge in [-0.1, -0.05) is 29.3 Å². The Hall–Kier alpha value is -0.280. The van der Waals surface area contributed by atoms with Crippen LogP contribution in [0.15, 0.2) is 18.2 Å². The van der Waals surface area contributed by atoms with Crippen LogP contribution in [0.4, 0.5) is 0 Å². The molecule has 0 saturated carbocycles. The summed E-state index contributed by atoms with van der Waals surface area (Å²) in [5.41, 5.74) is 1.37. The van der Waals surface area contributed by atoms with Crippen molar-refractivity contribution < 1.29 is 0 Å². The zero-order valence-electron chi connectivity index (χ0n) is 9.32. The minimum absolute atomic E-state index is 0.201. The van der Waals surface area contributed by atoms with Crippen molar-refractivity contribution in [3.63, 3.8) is 0 Å². The Morgan fingerprint density at radius 1 is 1.38 bits per heavy atom. The van der Waals surface area contributed by atoms with Gasteiger partial charge in [0.05, 0.1) is 10.0 Å². The monoisotopic (exact) mass is 258 g/mol. The van der Waals surface area contributed by atoms with E-state index in [0.29, 0.717) is 10.0 Å². The molecule has 1 aromatic rings. The molecule has 0 aromatic heterocycles. The van der Waals surface area contributed by atoms with Crippen molar-refractivity contribution in [3.8, 4) is 0 Å². The Labute approximate surface area is 106 Å². The lowest BCUT2D eigenvalue weighted by Crippen LogP contribution is -2.43. The molecular weight excluding hydrogens is 243 g/mol. The van der Waals surface area contributed by atoms with E-state index in [1.165, 1.54) is 5.56 Å². The van der Waals surface area contributed by atoms with E-state index in [0.717, 1.165) is 26.1 Å². The molecular formula is C12H16Cl2N2. The molecule has 2 nitrogen and oxygen atoms in total. The number of rotatable bonds is 3. The summed E-state index contributed by atoms with van der Waals surface area (Å²) in [6, 6.07) is 5.77. The fourth-order valence-corrected chi connectivity index (χ4v) is 2.25. The average Bonchev–Trinajstić information content (AvgIpc) is 2.68. The van der Waals surface area contributed by atoms with Gasteiger partial charge in [0, 0.05) is 18.6 Å². The molecule has 2 N–H and O–H groups in total. The van der Waals surface area contributed by atoms with Crippen LogP contribution in [0.1, 0.15) is 18.9 Å². The van der Waals surface area contributed by atoms with Crippen LogP contribution in [0.5, 0.6) is 0 Å². The molecule has 1 unspecified atom stereocenters. The fraction of sp³-hybridized carbons (Fsp3) is 0.500. The normalized spacial score (nSPS) is 24.9. The number of hydrogen-bond acceptors (Lipinski definition) is 2. The van der Waals surface area contributed by atoms with Crippen molar-refractivity contribution >= 4 is 23.2 Å². The molecule has 2 rings (SSSR count). The molecule has 1 saturated heterocycles. The van der Waals surface area contributed by atoms with Gasteiger partial charge >= 0.3 is 0 Å². The summed E-state index contributed by atoms with van der Waals surface area (Å²) >= 11 is 11.8. The maximum atomic E-state index is 5.97. The summed E-state index contributed by atoms with van der Waals surface area (Å²) < 4.78 is 0. The molecule has 0 amide bonds. The van der Waals surface area contributed by atoms with E-state index in [4.69, 9.17) is 23.2 Å². The molecule has 1 aromatic carbocycles. The van der Waals surface area contributed by atoms with Crippen LogP contribution in [0.2, 0.25) is 10.0 Å². The van der Waals surface area contributed by atoms with Crippen LogP contribution >= 0.6 is 23.2 Å². The number of nitrogens with one attached hydrogen (secondary N) is 2. The first-order valence-corrected chi connectivity index (χ1v) is 6.24. The third-order valence-corrected chi connectivity index (χ3v) is 3.81. The van der Waals surface area contributed by atoms with Crippen LogP contribution in [0, 0.1) is 0 Å². The second-order valence-electron chi connectivity index (χ2n) is 4.59. The van der Waals surface area contributed by atoms with E-state index in [9.17, 15) is 0 Å². The van der Waals surface area contributed by atoms with E-state index in [2.05, 4.69) is 17.6 Å². The van der Waals surface area contributed by atoms with Crippen molar-refractivity contribution in [3.05, 3.63) is 33.8 Å². The van der Waals surface area contributed by atoms with E-state index in [1.807, 2.05) is 18.2 Å². The molecule has 1 aliphatic heterocycles. The van der Waals surface area contributed by atoms with Gasteiger partial charge < -0.3 is 10.6 Å². The summed E-state index contributed by atoms with van der Waals surface area (Å²) in [5.74, 6) is 0. The standard InChI is InChI=1S/C12H16Cl2N2/c1-12(4-5-15-8-12)16-7-9-2-3-10(13)11(14)6-9/h2-3,6,15-16H,4-5,7-8H2,1H3. The molecule has 1 aliphatic rings. The van der Waals surface area contributed by atoms with Gasteiger partial charge in [-0.3, -0.25) is 0 Å². The number of hydrogen-bond donors (Lipinski definition) is 2. The maximum Gasteiger partial charge on any atom is 0.0595 e. The highest BCUT2D eigenvalue weighted by Gasteiger charge is 2.27. The van der Waals surface area contributed by atoms with Gasteiger partial charge in [0.2, 0.25) is 0 Å². The zero-order chi connectivity index (χ0) is 11.6. The van der Waals surface area contributed by atoms with Crippen molar-refractivity contribution in [1.29, 1.82) is 0 Å². The number of halogens is 2. The average molecular weight is 259 g/mol. The Morgan fingerprint density at radius 3 is 2.81 bits per heavy atom. The van der Waals surface area contributed by atoms with Gasteiger partial charge in [0.1, 0.15) is 0 Å². The van der Waals surface area contributed by atoms with Crippen molar-refractivity contribution in [2.75, 3.05) is 13.1 Å². The molecule has 0 aliphatic carbocycles. The Bertz CT molecular complexity index is 373. The first kappa shape index (κ1) is 12.2. The quantitative estimate of drug-likeness (QED) is 0.872. The number of benzene rings is 1. The third-order valence-electron chi connectivity index (χ3n) is 3.07. The first-order chi connectivity index (χ1) is 7.59. The van der Waals surface area contributed by atoms with Gasteiger partial charge in [-0.15, -0.1) is 0 Å².